The van der Waals surface area contributed by atoms with Crippen molar-refractivity contribution in [2.24, 2.45) is 35.5 Å². The Labute approximate surface area is 338 Å². The third kappa shape index (κ3) is 8.18. The van der Waals surface area contributed by atoms with Gasteiger partial charge >= 0.3 is 0 Å². The number of ether oxygens (including phenoxy) is 2. The van der Waals surface area contributed by atoms with Crippen molar-refractivity contribution in [3.8, 4) is 11.5 Å². The fourth-order valence-corrected chi connectivity index (χ4v) is 7.26. The zero-order valence-electron chi connectivity index (χ0n) is 34.4. The molecule has 4 aromatic heterocycles. The minimum Gasteiger partial charge on any atom is -0.494 e. The molecule has 19 heteroatoms. The van der Waals surface area contributed by atoms with Crippen LogP contribution >= 0.6 is 0 Å². The van der Waals surface area contributed by atoms with Gasteiger partial charge in [-0.2, -0.15) is 20.2 Å². The average Bonchev–Trinajstić information content (AvgIpc) is 3.94. The van der Waals surface area contributed by atoms with Crippen LogP contribution in [-0.4, -0.2) is 86.9 Å². The summed E-state index contributed by atoms with van der Waals surface area (Å²) >= 11 is 0. The number of fused-ring (bicyclic) bond motifs is 2. The number of hydrogen-bond acceptors (Lipinski definition) is 9. The van der Waals surface area contributed by atoms with Gasteiger partial charge in [0.1, 0.15) is 33.9 Å². The van der Waals surface area contributed by atoms with Gasteiger partial charge in [-0.1, -0.05) is 0 Å². The van der Waals surface area contributed by atoms with Crippen LogP contribution in [0.3, 0.4) is 0 Å². The highest BCUT2D eigenvalue weighted by molar-refractivity contribution is 6.00. The molecule has 5 N–H and O–H groups in total. The second-order valence-electron chi connectivity index (χ2n) is 14.1. The van der Waals surface area contributed by atoms with Crippen molar-refractivity contribution in [1.82, 2.24) is 37.8 Å². The number of nitrogens with two attached hydrogens (primary N) is 2. The molecule has 0 fully saturated rings. The number of amides is 4. The Morgan fingerprint density at radius 2 is 1.14 bits per heavy atom. The fraction of sp³-hybridized carbons (Fsp3) is 0.400. The molecule has 19 nitrogen and oxygen atoms in total. The van der Waals surface area contributed by atoms with E-state index in [0.717, 1.165) is 0 Å². The molecule has 4 amide bonds. The van der Waals surface area contributed by atoms with Crippen LogP contribution in [0.1, 0.15) is 86.2 Å². The quantitative estimate of drug-likeness (QED) is 0.121. The molecule has 312 valence electrons. The van der Waals surface area contributed by atoms with Crippen LogP contribution in [0.2, 0.25) is 0 Å². The van der Waals surface area contributed by atoms with E-state index in [1.54, 1.807) is 82.8 Å². The van der Waals surface area contributed by atoms with Gasteiger partial charge in [-0.25, -0.2) is 0 Å². The number of aromatic nitrogens is 8. The monoisotopic (exact) mass is 810 g/mol. The first-order chi connectivity index (χ1) is 28.2. The first kappa shape index (κ1) is 41.9. The van der Waals surface area contributed by atoms with E-state index in [2.05, 4.69) is 20.2 Å². The zero-order chi connectivity index (χ0) is 42.7. The maximum Gasteiger partial charge on any atom is 0.298 e. The van der Waals surface area contributed by atoms with Crippen molar-refractivity contribution in [3.05, 3.63) is 81.5 Å². The SMILES string of the molecule is CCn1nc(C)cc1C(=O)N=c1n(C)c2cc(C(N)=O)cc(OC)c2n1CCCCn1c(=NC(=O)c2cc(C)nn2CC)n(C)c2cc(C(N)=O)cc(OCCCO)c21. The molecule has 0 radical (unpaired) electrons. The Kier molecular flexibility index (Phi) is 12.3. The Hall–Kier alpha value is -6.76. The number of unbranched alkanes of at least 4 members (excludes halogenated alkanes) is 1. The fourth-order valence-electron chi connectivity index (χ4n) is 7.26. The Morgan fingerprint density at radius 1 is 0.695 bits per heavy atom. The summed E-state index contributed by atoms with van der Waals surface area (Å²) < 4.78 is 22.3. The first-order valence-corrected chi connectivity index (χ1v) is 19.3. The maximum atomic E-state index is 13.8. The van der Waals surface area contributed by atoms with E-state index in [9.17, 15) is 24.3 Å². The van der Waals surface area contributed by atoms with Crippen LogP contribution in [0.5, 0.6) is 11.5 Å². The van der Waals surface area contributed by atoms with Gasteiger partial charge in [-0.3, -0.25) is 28.5 Å². The Bertz CT molecular complexity index is 2760. The van der Waals surface area contributed by atoms with E-state index in [-0.39, 0.29) is 24.3 Å². The van der Waals surface area contributed by atoms with E-state index >= 15 is 0 Å². The third-order valence-corrected chi connectivity index (χ3v) is 10.1. The van der Waals surface area contributed by atoms with Gasteiger partial charge in [0.2, 0.25) is 23.1 Å². The molecule has 0 spiro atoms. The lowest BCUT2D eigenvalue weighted by atomic mass is 10.1. The number of aryl methyl sites for hydroxylation is 8. The molecule has 0 unspecified atom stereocenters. The average molecular weight is 811 g/mol. The zero-order valence-corrected chi connectivity index (χ0v) is 34.4. The van der Waals surface area contributed by atoms with E-state index in [1.807, 2.05) is 23.0 Å². The number of aliphatic hydroxyl groups is 1. The van der Waals surface area contributed by atoms with Crippen LogP contribution < -0.4 is 32.2 Å². The number of benzene rings is 2. The summed E-state index contributed by atoms with van der Waals surface area (Å²) in [6, 6.07) is 9.75. The number of rotatable bonds is 16. The normalized spacial score (nSPS) is 12.3. The molecule has 4 heterocycles. The van der Waals surface area contributed by atoms with Crippen LogP contribution in [-0.2, 0) is 40.3 Å². The van der Waals surface area contributed by atoms with Crippen molar-refractivity contribution in [2.45, 2.75) is 73.1 Å². The molecule has 0 aliphatic heterocycles. The molecule has 2 aromatic carbocycles. The minimum atomic E-state index is -0.664. The number of methoxy groups -OCH3 is 1. The number of imidazole rings is 2. The third-order valence-electron chi connectivity index (χ3n) is 10.1. The molecule has 6 aromatic rings. The van der Waals surface area contributed by atoms with Crippen LogP contribution in [0.4, 0.5) is 0 Å². The Balaban J connectivity index is 1.46. The second kappa shape index (κ2) is 17.4. The number of hydrogen-bond donors (Lipinski definition) is 3. The topological polar surface area (TPSA) is 239 Å². The number of aliphatic hydroxyl groups excluding tert-OH is 1. The smallest absolute Gasteiger partial charge is 0.298 e. The molecule has 0 saturated heterocycles. The summed E-state index contributed by atoms with van der Waals surface area (Å²) in [5, 5.41) is 18.3. The summed E-state index contributed by atoms with van der Waals surface area (Å²) in [7, 11) is 4.98. The van der Waals surface area contributed by atoms with Gasteiger partial charge in [0.05, 0.1) is 36.1 Å². The van der Waals surface area contributed by atoms with Gasteiger partial charge in [-0.05, 0) is 76.9 Å². The summed E-state index contributed by atoms with van der Waals surface area (Å²) in [6.07, 6.45) is 1.38. The predicted molar refractivity (Wildman–Crippen MR) is 217 cm³/mol. The molecule has 0 bridgehead atoms. The van der Waals surface area contributed by atoms with Crippen LogP contribution in [0, 0.1) is 13.8 Å². The van der Waals surface area contributed by atoms with Gasteiger partial charge in [0.25, 0.3) is 11.8 Å². The molecule has 59 heavy (non-hydrogen) atoms. The number of carbonyl (C=O) groups excluding carboxylic acids is 4. The molecule has 0 saturated carbocycles. The standard InChI is InChI=1S/C40H50N12O7/c1-8-51-29(17-23(3)45-51)37(56)43-39-47(5)27-19-25(35(41)54)21-31(58-7)33(27)49(39)13-10-11-14-50-34-28(20-26(36(42)55)22-32(34)59-16-12-15-53)48(6)40(50)44-38(57)30-18-24(4)46-52(30)9-2/h17-22,53H,8-16H2,1-7H3,(H2,41,54)(H2,42,55). The molecule has 0 atom stereocenters. The molecular formula is C40H50N12O7. The summed E-state index contributed by atoms with van der Waals surface area (Å²) in [5.41, 5.74) is 16.8. The molecule has 0 aliphatic carbocycles. The molecular weight excluding hydrogens is 761 g/mol. The van der Waals surface area contributed by atoms with Crippen molar-refractivity contribution in [2.75, 3.05) is 20.3 Å². The van der Waals surface area contributed by atoms with Crippen LogP contribution in [0.25, 0.3) is 22.1 Å². The second-order valence-corrected chi connectivity index (χ2v) is 14.1. The van der Waals surface area contributed by atoms with E-state index in [0.29, 0.717) is 113 Å². The lowest BCUT2D eigenvalue weighted by Crippen LogP contribution is -2.28. The largest absolute Gasteiger partial charge is 0.494 e. The Morgan fingerprint density at radius 3 is 1.54 bits per heavy atom. The molecule has 0 aliphatic rings. The van der Waals surface area contributed by atoms with Crippen molar-refractivity contribution in [1.29, 1.82) is 0 Å². The highest BCUT2D eigenvalue weighted by Crippen LogP contribution is 2.30. The molecule has 6 rings (SSSR count). The van der Waals surface area contributed by atoms with E-state index < -0.39 is 23.6 Å². The highest BCUT2D eigenvalue weighted by Gasteiger charge is 2.22. The maximum absolute atomic E-state index is 13.8. The summed E-state index contributed by atoms with van der Waals surface area (Å²) in [4.78, 5) is 61.6. The predicted octanol–water partition coefficient (Wildman–Crippen LogP) is 2.25. The van der Waals surface area contributed by atoms with Crippen molar-refractivity contribution in [3.63, 3.8) is 0 Å². The van der Waals surface area contributed by atoms with Crippen LogP contribution in [0.15, 0.2) is 46.4 Å². The van der Waals surface area contributed by atoms with Crippen molar-refractivity contribution < 1.29 is 33.8 Å². The number of carbonyl (C=O) groups is 4. The minimum absolute atomic E-state index is 0.102. The summed E-state index contributed by atoms with van der Waals surface area (Å²) in [5.74, 6) is -1.60. The van der Waals surface area contributed by atoms with E-state index in [4.69, 9.17) is 20.9 Å². The first-order valence-electron chi connectivity index (χ1n) is 19.3. The lowest BCUT2D eigenvalue weighted by Gasteiger charge is -2.12. The van der Waals surface area contributed by atoms with Gasteiger partial charge in [0.15, 0.2) is 0 Å². The highest BCUT2D eigenvalue weighted by atomic mass is 16.5. The van der Waals surface area contributed by atoms with Gasteiger partial charge in [-0.15, -0.1) is 0 Å². The summed E-state index contributed by atoms with van der Waals surface area (Å²) in [6.45, 7) is 9.05. The van der Waals surface area contributed by atoms with Crippen molar-refractivity contribution >= 4 is 45.7 Å². The number of primary amides is 2. The number of nitrogens with zero attached hydrogens (tertiary/aromatic N) is 10. The van der Waals surface area contributed by atoms with Gasteiger partial charge in [0, 0.05) is 64.4 Å². The lowest BCUT2D eigenvalue weighted by molar-refractivity contribution is 0.0977. The van der Waals surface area contributed by atoms with E-state index in [1.165, 1.54) is 7.11 Å². The van der Waals surface area contributed by atoms with Gasteiger partial charge < -0.3 is 44.3 Å².